The number of hydrogen-bond acceptors (Lipinski definition) is 6. The standard InChI is InChI=1S/C14H19N5O2/c1-9(2)11-6-10(7-12(15-3)19-11)14(20)16-5-4-13-17-8-18-21-13/h6-9H,4-5H2,1-3H3,(H,15,19)(H,16,20). The highest BCUT2D eigenvalue weighted by Crippen LogP contribution is 2.17. The van der Waals surface area contributed by atoms with Gasteiger partial charge in [-0.15, -0.1) is 0 Å². The fourth-order valence-electron chi connectivity index (χ4n) is 1.80. The Balaban J connectivity index is 2.02. The third-order valence-corrected chi connectivity index (χ3v) is 2.99. The Hall–Kier alpha value is -2.44. The number of hydrogen-bond donors (Lipinski definition) is 2. The van der Waals surface area contributed by atoms with Gasteiger partial charge in [-0.25, -0.2) is 4.98 Å². The van der Waals surface area contributed by atoms with Crippen molar-refractivity contribution in [2.24, 2.45) is 0 Å². The topological polar surface area (TPSA) is 92.9 Å². The summed E-state index contributed by atoms with van der Waals surface area (Å²) in [6, 6.07) is 3.54. The summed E-state index contributed by atoms with van der Waals surface area (Å²) in [4.78, 5) is 20.5. The van der Waals surface area contributed by atoms with Gasteiger partial charge in [-0.3, -0.25) is 4.79 Å². The first-order chi connectivity index (χ1) is 10.1. The Bertz CT molecular complexity index is 595. The molecule has 0 atom stereocenters. The Morgan fingerprint density at radius 1 is 1.38 bits per heavy atom. The van der Waals surface area contributed by atoms with Gasteiger partial charge in [0.1, 0.15) is 5.82 Å². The lowest BCUT2D eigenvalue weighted by molar-refractivity contribution is 0.0953. The fourth-order valence-corrected chi connectivity index (χ4v) is 1.80. The minimum Gasteiger partial charge on any atom is -0.373 e. The highest BCUT2D eigenvalue weighted by molar-refractivity contribution is 5.95. The van der Waals surface area contributed by atoms with Gasteiger partial charge in [0.2, 0.25) is 5.89 Å². The lowest BCUT2D eigenvalue weighted by Crippen LogP contribution is -2.26. The molecule has 7 nitrogen and oxygen atoms in total. The molecular formula is C14H19N5O2. The highest BCUT2D eigenvalue weighted by Gasteiger charge is 2.11. The summed E-state index contributed by atoms with van der Waals surface area (Å²) in [6.45, 7) is 4.52. The summed E-state index contributed by atoms with van der Waals surface area (Å²) < 4.78 is 4.88. The molecule has 0 aliphatic carbocycles. The second-order valence-corrected chi connectivity index (χ2v) is 4.91. The normalized spacial score (nSPS) is 10.7. The van der Waals surface area contributed by atoms with Crippen LogP contribution in [0, 0.1) is 0 Å². The van der Waals surface area contributed by atoms with E-state index in [1.54, 1.807) is 13.1 Å². The van der Waals surface area contributed by atoms with Crippen LogP contribution in [0.1, 0.15) is 41.7 Å². The zero-order valence-corrected chi connectivity index (χ0v) is 12.4. The van der Waals surface area contributed by atoms with Crippen LogP contribution in [0.5, 0.6) is 0 Å². The average molecular weight is 289 g/mol. The van der Waals surface area contributed by atoms with E-state index in [0.29, 0.717) is 30.2 Å². The predicted octanol–water partition coefficient (Wildman–Crippen LogP) is 1.60. The monoisotopic (exact) mass is 289 g/mol. The second kappa shape index (κ2) is 6.83. The first kappa shape index (κ1) is 15.0. The SMILES string of the molecule is CNc1cc(C(=O)NCCc2ncno2)cc(C(C)C)n1. The third-order valence-electron chi connectivity index (χ3n) is 2.99. The average Bonchev–Trinajstić information content (AvgIpc) is 2.99. The van der Waals surface area contributed by atoms with Crippen LogP contribution in [-0.4, -0.2) is 34.6 Å². The minimum absolute atomic E-state index is 0.143. The van der Waals surface area contributed by atoms with Crippen molar-refractivity contribution in [1.82, 2.24) is 20.4 Å². The molecule has 21 heavy (non-hydrogen) atoms. The molecule has 2 rings (SSSR count). The lowest BCUT2D eigenvalue weighted by Gasteiger charge is -2.11. The first-order valence-corrected chi connectivity index (χ1v) is 6.83. The molecule has 0 unspecified atom stereocenters. The highest BCUT2D eigenvalue weighted by atomic mass is 16.5. The number of carbonyl (C=O) groups is 1. The summed E-state index contributed by atoms with van der Waals surface area (Å²) in [5, 5.41) is 9.32. The molecule has 0 fully saturated rings. The van der Waals surface area contributed by atoms with E-state index in [0.717, 1.165) is 5.69 Å². The van der Waals surface area contributed by atoms with Crippen molar-refractivity contribution in [2.75, 3.05) is 18.9 Å². The van der Waals surface area contributed by atoms with Crippen LogP contribution in [0.2, 0.25) is 0 Å². The van der Waals surface area contributed by atoms with Crippen molar-refractivity contribution in [3.05, 3.63) is 35.6 Å². The number of amides is 1. The number of aromatic nitrogens is 3. The van der Waals surface area contributed by atoms with Gasteiger partial charge in [0.15, 0.2) is 6.33 Å². The van der Waals surface area contributed by atoms with Gasteiger partial charge in [-0.05, 0) is 18.1 Å². The molecule has 2 aromatic rings. The molecule has 112 valence electrons. The summed E-state index contributed by atoms with van der Waals surface area (Å²) in [6.07, 6.45) is 1.85. The zero-order valence-electron chi connectivity index (χ0n) is 12.4. The van der Waals surface area contributed by atoms with Gasteiger partial charge in [-0.1, -0.05) is 19.0 Å². The summed E-state index contributed by atoms with van der Waals surface area (Å²) in [5.41, 5.74) is 1.47. The van der Waals surface area contributed by atoms with Crippen LogP contribution < -0.4 is 10.6 Å². The molecule has 0 aliphatic rings. The molecule has 7 heteroatoms. The molecule has 0 saturated heterocycles. The Morgan fingerprint density at radius 2 is 2.19 bits per heavy atom. The molecule has 0 saturated carbocycles. The van der Waals surface area contributed by atoms with E-state index in [4.69, 9.17) is 4.52 Å². The van der Waals surface area contributed by atoms with E-state index < -0.39 is 0 Å². The van der Waals surface area contributed by atoms with Crippen molar-refractivity contribution in [3.63, 3.8) is 0 Å². The Kier molecular flexibility index (Phi) is 4.86. The summed E-state index contributed by atoms with van der Waals surface area (Å²) >= 11 is 0. The maximum absolute atomic E-state index is 12.2. The lowest BCUT2D eigenvalue weighted by atomic mass is 10.1. The number of nitrogens with zero attached hydrogens (tertiary/aromatic N) is 3. The molecule has 2 aromatic heterocycles. The van der Waals surface area contributed by atoms with Crippen LogP contribution in [0.15, 0.2) is 23.0 Å². The molecule has 2 heterocycles. The number of rotatable bonds is 6. The quantitative estimate of drug-likeness (QED) is 0.839. The number of pyridine rings is 1. The smallest absolute Gasteiger partial charge is 0.251 e. The number of carbonyl (C=O) groups excluding carboxylic acids is 1. The van der Waals surface area contributed by atoms with E-state index in [1.807, 2.05) is 19.9 Å². The molecule has 0 aromatic carbocycles. The maximum Gasteiger partial charge on any atom is 0.251 e. The van der Waals surface area contributed by atoms with Gasteiger partial charge in [-0.2, -0.15) is 4.98 Å². The van der Waals surface area contributed by atoms with E-state index >= 15 is 0 Å². The number of nitrogens with one attached hydrogen (secondary N) is 2. The molecule has 2 N–H and O–H groups in total. The van der Waals surface area contributed by atoms with Gasteiger partial charge < -0.3 is 15.2 Å². The summed E-state index contributed by atoms with van der Waals surface area (Å²) in [5.74, 6) is 1.30. The van der Waals surface area contributed by atoms with Crippen LogP contribution >= 0.6 is 0 Å². The van der Waals surface area contributed by atoms with Gasteiger partial charge >= 0.3 is 0 Å². The van der Waals surface area contributed by atoms with Gasteiger partial charge in [0.05, 0.1) is 0 Å². The summed E-state index contributed by atoms with van der Waals surface area (Å²) in [7, 11) is 1.78. The van der Waals surface area contributed by atoms with Crippen molar-refractivity contribution in [3.8, 4) is 0 Å². The van der Waals surface area contributed by atoms with Crippen molar-refractivity contribution in [1.29, 1.82) is 0 Å². The van der Waals surface area contributed by atoms with Crippen molar-refractivity contribution in [2.45, 2.75) is 26.2 Å². The number of anilines is 1. The van der Waals surface area contributed by atoms with Gasteiger partial charge in [0, 0.05) is 31.3 Å². The van der Waals surface area contributed by atoms with Crippen LogP contribution in [0.4, 0.5) is 5.82 Å². The molecule has 0 aliphatic heterocycles. The van der Waals surface area contributed by atoms with Crippen molar-refractivity contribution < 1.29 is 9.32 Å². The Labute approximate surface area is 123 Å². The second-order valence-electron chi connectivity index (χ2n) is 4.91. The third kappa shape index (κ3) is 4.01. The molecular weight excluding hydrogens is 270 g/mol. The molecule has 0 radical (unpaired) electrons. The molecule has 1 amide bonds. The first-order valence-electron chi connectivity index (χ1n) is 6.83. The zero-order chi connectivity index (χ0) is 15.2. The van der Waals surface area contributed by atoms with E-state index in [-0.39, 0.29) is 11.8 Å². The molecule has 0 spiro atoms. The van der Waals surface area contributed by atoms with Crippen LogP contribution in [0.25, 0.3) is 0 Å². The largest absolute Gasteiger partial charge is 0.373 e. The minimum atomic E-state index is -0.143. The maximum atomic E-state index is 12.2. The van der Waals surface area contributed by atoms with E-state index in [1.165, 1.54) is 6.33 Å². The van der Waals surface area contributed by atoms with Crippen molar-refractivity contribution >= 4 is 11.7 Å². The predicted molar refractivity (Wildman–Crippen MR) is 78.2 cm³/mol. The Morgan fingerprint density at radius 3 is 2.81 bits per heavy atom. The van der Waals surface area contributed by atoms with E-state index in [2.05, 4.69) is 25.8 Å². The van der Waals surface area contributed by atoms with Crippen LogP contribution in [-0.2, 0) is 6.42 Å². The molecule has 0 bridgehead atoms. The van der Waals surface area contributed by atoms with Crippen LogP contribution in [0.3, 0.4) is 0 Å². The fraction of sp³-hybridized carbons (Fsp3) is 0.429. The van der Waals surface area contributed by atoms with Gasteiger partial charge in [0.25, 0.3) is 5.91 Å². The van der Waals surface area contributed by atoms with E-state index in [9.17, 15) is 4.79 Å².